The van der Waals surface area contributed by atoms with E-state index in [4.69, 9.17) is 9.47 Å². The lowest BCUT2D eigenvalue weighted by Gasteiger charge is -2.14. The fourth-order valence-corrected chi connectivity index (χ4v) is 1.86. The van der Waals surface area contributed by atoms with E-state index in [9.17, 15) is 4.79 Å². The summed E-state index contributed by atoms with van der Waals surface area (Å²) in [4.78, 5) is 13.9. The molecule has 0 aliphatic rings. The highest BCUT2D eigenvalue weighted by Crippen LogP contribution is 2.32. The molecule has 2 aromatic rings. The summed E-state index contributed by atoms with van der Waals surface area (Å²) in [7, 11) is 1.58. The third kappa shape index (κ3) is 3.46. The van der Waals surface area contributed by atoms with Gasteiger partial charge in [0.2, 0.25) is 6.08 Å². The number of rotatable bonds is 6. The molecule has 20 heavy (non-hydrogen) atoms. The van der Waals surface area contributed by atoms with Crippen LogP contribution >= 0.6 is 0 Å². The summed E-state index contributed by atoms with van der Waals surface area (Å²) in [5, 5.41) is 0. The van der Waals surface area contributed by atoms with Crippen molar-refractivity contribution in [2.75, 3.05) is 7.11 Å². The topological polar surface area (TPSA) is 47.9 Å². The van der Waals surface area contributed by atoms with Gasteiger partial charge in [0.15, 0.2) is 11.5 Å². The largest absolute Gasteiger partial charge is 0.493 e. The van der Waals surface area contributed by atoms with Crippen molar-refractivity contribution in [1.29, 1.82) is 0 Å². The first-order valence-corrected chi connectivity index (χ1v) is 6.21. The number of carbonyl (C=O) groups excluding carboxylic acids is 1. The van der Waals surface area contributed by atoms with Gasteiger partial charge in [0, 0.05) is 5.56 Å². The van der Waals surface area contributed by atoms with Crippen molar-refractivity contribution in [2.45, 2.75) is 13.2 Å². The molecule has 0 saturated carbocycles. The molecule has 0 atom stereocenters. The molecular formula is C16H15NO3. The lowest BCUT2D eigenvalue weighted by molar-refractivity contribution is 0.281. The van der Waals surface area contributed by atoms with Gasteiger partial charge in [-0.25, -0.2) is 9.79 Å². The molecule has 0 fully saturated rings. The highest BCUT2D eigenvalue weighted by atomic mass is 16.5. The van der Waals surface area contributed by atoms with Crippen LogP contribution in [-0.2, 0) is 17.9 Å². The minimum atomic E-state index is 0.227. The van der Waals surface area contributed by atoms with E-state index >= 15 is 0 Å². The standard InChI is InChI=1S/C16H15NO3/c1-19-15-9-5-8-14(10-17-12-18)16(15)20-11-13-6-3-2-4-7-13/h2-9H,10-11H2,1H3. The maximum atomic E-state index is 10.3. The number of methoxy groups -OCH3 is 1. The van der Waals surface area contributed by atoms with Gasteiger partial charge in [0.1, 0.15) is 6.61 Å². The number of hydrogen-bond acceptors (Lipinski definition) is 4. The number of ether oxygens (including phenoxy) is 2. The first-order chi connectivity index (χ1) is 9.85. The van der Waals surface area contributed by atoms with Crippen LogP contribution in [0.15, 0.2) is 53.5 Å². The zero-order valence-corrected chi connectivity index (χ0v) is 11.2. The average Bonchev–Trinajstić information content (AvgIpc) is 2.52. The third-order valence-corrected chi connectivity index (χ3v) is 2.82. The van der Waals surface area contributed by atoms with Crippen LogP contribution in [0.1, 0.15) is 11.1 Å². The van der Waals surface area contributed by atoms with Crippen molar-refractivity contribution < 1.29 is 14.3 Å². The Kier molecular flexibility index (Phi) is 4.93. The van der Waals surface area contributed by atoms with Crippen molar-refractivity contribution in [3.05, 3.63) is 59.7 Å². The molecule has 4 heteroatoms. The Morgan fingerprint density at radius 1 is 1.10 bits per heavy atom. The summed E-state index contributed by atoms with van der Waals surface area (Å²) in [5.74, 6) is 1.23. The smallest absolute Gasteiger partial charge is 0.235 e. The van der Waals surface area contributed by atoms with Gasteiger partial charge in [-0.1, -0.05) is 42.5 Å². The van der Waals surface area contributed by atoms with Crippen LogP contribution in [0.3, 0.4) is 0 Å². The van der Waals surface area contributed by atoms with E-state index in [1.54, 1.807) is 7.11 Å². The second-order valence-electron chi connectivity index (χ2n) is 4.13. The van der Waals surface area contributed by atoms with Crippen molar-refractivity contribution in [3.63, 3.8) is 0 Å². The summed E-state index contributed by atoms with van der Waals surface area (Å²) >= 11 is 0. The van der Waals surface area contributed by atoms with E-state index in [0.29, 0.717) is 18.1 Å². The molecule has 0 radical (unpaired) electrons. The van der Waals surface area contributed by atoms with Gasteiger partial charge in [-0.05, 0) is 11.6 Å². The van der Waals surface area contributed by atoms with Crippen LogP contribution in [0.25, 0.3) is 0 Å². The molecule has 0 amide bonds. The number of hydrogen-bond donors (Lipinski definition) is 0. The molecule has 0 aliphatic heterocycles. The second kappa shape index (κ2) is 7.12. The summed E-state index contributed by atoms with van der Waals surface area (Å²) in [6.45, 7) is 0.657. The molecular weight excluding hydrogens is 254 g/mol. The van der Waals surface area contributed by atoms with Gasteiger partial charge in [-0.2, -0.15) is 0 Å². The minimum Gasteiger partial charge on any atom is -0.493 e. The highest BCUT2D eigenvalue weighted by molar-refractivity contribution is 5.47. The normalized spacial score (nSPS) is 9.65. The van der Waals surface area contributed by atoms with Crippen molar-refractivity contribution in [3.8, 4) is 11.5 Å². The Bertz CT molecular complexity index is 604. The predicted molar refractivity (Wildman–Crippen MR) is 75.6 cm³/mol. The third-order valence-electron chi connectivity index (χ3n) is 2.82. The summed E-state index contributed by atoms with van der Waals surface area (Å²) < 4.78 is 11.1. The van der Waals surface area contributed by atoms with Gasteiger partial charge in [0.25, 0.3) is 0 Å². The first kappa shape index (κ1) is 13.8. The monoisotopic (exact) mass is 269 g/mol. The summed E-state index contributed by atoms with van der Waals surface area (Å²) in [6.07, 6.45) is 1.53. The van der Waals surface area contributed by atoms with E-state index in [-0.39, 0.29) is 6.54 Å². The van der Waals surface area contributed by atoms with Crippen LogP contribution in [0.4, 0.5) is 0 Å². The SMILES string of the molecule is COc1cccc(CN=C=O)c1OCc1ccccc1. The number of aliphatic imine (C=N–C) groups is 1. The molecule has 0 spiro atoms. The zero-order valence-electron chi connectivity index (χ0n) is 11.2. The molecule has 0 aromatic heterocycles. The summed E-state index contributed by atoms with van der Waals surface area (Å²) in [5.41, 5.74) is 1.85. The first-order valence-electron chi connectivity index (χ1n) is 6.21. The molecule has 0 aliphatic carbocycles. The van der Waals surface area contributed by atoms with Crippen LogP contribution < -0.4 is 9.47 Å². The van der Waals surface area contributed by atoms with Crippen LogP contribution in [0, 0.1) is 0 Å². The number of nitrogens with zero attached hydrogens (tertiary/aromatic N) is 1. The van der Waals surface area contributed by atoms with Gasteiger partial charge < -0.3 is 9.47 Å². The Labute approximate surface area is 117 Å². The number of isocyanates is 1. The molecule has 0 N–H and O–H groups in total. The Morgan fingerprint density at radius 2 is 1.90 bits per heavy atom. The lowest BCUT2D eigenvalue weighted by atomic mass is 10.2. The van der Waals surface area contributed by atoms with E-state index in [1.165, 1.54) is 6.08 Å². The molecule has 0 saturated heterocycles. The Balaban J connectivity index is 2.21. The van der Waals surface area contributed by atoms with Crippen molar-refractivity contribution >= 4 is 6.08 Å². The number of benzene rings is 2. The number of para-hydroxylation sites is 1. The summed E-state index contributed by atoms with van der Waals surface area (Å²) in [6, 6.07) is 15.3. The van der Waals surface area contributed by atoms with Crippen LogP contribution in [0.5, 0.6) is 11.5 Å². The second-order valence-corrected chi connectivity index (χ2v) is 4.13. The van der Waals surface area contributed by atoms with E-state index in [0.717, 1.165) is 11.1 Å². The maximum Gasteiger partial charge on any atom is 0.235 e. The quantitative estimate of drug-likeness (QED) is 0.598. The van der Waals surface area contributed by atoms with E-state index in [1.807, 2.05) is 48.5 Å². The maximum absolute atomic E-state index is 10.3. The molecule has 0 unspecified atom stereocenters. The van der Waals surface area contributed by atoms with Gasteiger partial charge in [-0.15, -0.1) is 0 Å². The molecule has 2 rings (SSSR count). The molecule has 2 aromatic carbocycles. The van der Waals surface area contributed by atoms with E-state index in [2.05, 4.69) is 4.99 Å². The predicted octanol–water partition coefficient (Wildman–Crippen LogP) is 3.11. The average molecular weight is 269 g/mol. The lowest BCUT2D eigenvalue weighted by Crippen LogP contribution is -2.00. The Morgan fingerprint density at radius 3 is 2.60 bits per heavy atom. The zero-order chi connectivity index (χ0) is 14.2. The van der Waals surface area contributed by atoms with Crippen molar-refractivity contribution in [1.82, 2.24) is 0 Å². The van der Waals surface area contributed by atoms with Gasteiger partial charge >= 0.3 is 0 Å². The van der Waals surface area contributed by atoms with Gasteiger partial charge in [0.05, 0.1) is 13.7 Å². The highest BCUT2D eigenvalue weighted by Gasteiger charge is 2.10. The van der Waals surface area contributed by atoms with Crippen LogP contribution in [0.2, 0.25) is 0 Å². The fourth-order valence-electron chi connectivity index (χ4n) is 1.86. The Hall–Kier alpha value is -2.58. The molecule has 0 bridgehead atoms. The molecule has 0 heterocycles. The minimum absolute atomic E-state index is 0.227. The molecule has 102 valence electrons. The van der Waals surface area contributed by atoms with Crippen LogP contribution in [-0.4, -0.2) is 13.2 Å². The van der Waals surface area contributed by atoms with Crippen molar-refractivity contribution in [2.24, 2.45) is 4.99 Å². The van der Waals surface area contributed by atoms with E-state index < -0.39 is 0 Å². The van der Waals surface area contributed by atoms with Gasteiger partial charge in [-0.3, -0.25) is 0 Å². The molecule has 4 nitrogen and oxygen atoms in total. The fraction of sp³-hybridized carbons (Fsp3) is 0.188.